The van der Waals surface area contributed by atoms with Crippen LogP contribution in [0.2, 0.25) is 0 Å². The van der Waals surface area contributed by atoms with Gasteiger partial charge in [0.25, 0.3) is 0 Å². The Bertz CT molecular complexity index is 299. The fourth-order valence-corrected chi connectivity index (χ4v) is 3.00. The molecule has 2 atom stereocenters. The van der Waals surface area contributed by atoms with E-state index in [0.717, 1.165) is 25.9 Å². The van der Waals surface area contributed by atoms with Gasteiger partial charge in [-0.1, -0.05) is 13.0 Å². The molecule has 0 aliphatic rings. The molecule has 1 rings (SSSR count). The number of thiophene rings is 1. The molecule has 1 N–H and O–H groups in total. The Labute approximate surface area is 109 Å². The van der Waals surface area contributed by atoms with Gasteiger partial charge in [0, 0.05) is 17.5 Å². The lowest BCUT2D eigenvalue weighted by Crippen LogP contribution is -2.49. The molecular formula is C14H25NOS. The zero-order valence-corrected chi connectivity index (χ0v) is 12.3. The van der Waals surface area contributed by atoms with E-state index in [9.17, 15) is 0 Å². The van der Waals surface area contributed by atoms with E-state index in [2.05, 4.69) is 43.6 Å². The summed E-state index contributed by atoms with van der Waals surface area (Å²) in [6.07, 6.45) is 3.30. The van der Waals surface area contributed by atoms with Crippen molar-refractivity contribution in [2.75, 3.05) is 13.7 Å². The zero-order chi connectivity index (χ0) is 12.7. The van der Waals surface area contributed by atoms with Gasteiger partial charge < -0.3 is 10.1 Å². The fourth-order valence-electron chi connectivity index (χ4n) is 2.28. The SMILES string of the molecule is CCOC(C)(CC)C(CCc1cccs1)NC. The summed E-state index contributed by atoms with van der Waals surface area (Å²) in [5, 5.41) is 5.56. The van der Waals surface area contributed by atoms with Crippen LogP contribution < -0.4 is 5.32 Å². The van der Waals surface area contributed by atoms with Gasteiger partial charge in [0.1, 0.15) is 0 Å². The molecule has 98 valence electrons. The highest BCUT2D eigenvalue weighted by molar-refractivity contribution is 7.09. The first-order valence-electron chi connectivity index (χ1n) is 6.49. The summed E-state index contributed by atoms with van der Waals surface area (Å²) in [6.45, 7) is 7.26. The normalized spacial score (nSPS) is 16.7. The van der Waals surface area contributed by atoms with Crippen LogP contribution in [0.25, 0.3) is 0 Å². The lowest BCUT2D eigenvalue weighted by molar-refractivity contribution is -0.0552. The molecule has 1 heterocycles. The van der Waals surface area contributed by atoms with E-state index in [1.165, 1.54) is 4.88 Å². The predicted octanol–water partition coefficient (Wildman–Crippen LogP) is 3.47. The van der Waals surface area contributed by atoms with Gasteiger partial charge >= 0.3 is 0 Å². The molecule has 0 spiro atoms. The maximum atomic E-state index is 5.94. The van der Waals surface area contributed by atoms with E-state index in [4.69, 9.17) is 4.74 Å². The van der Waals surface area contributed by atoms with Gasteiger partial charge in [-0.05, 0) is 51.6 Å². The second-order valence-electron chi connectivity index (χ2n) is 4.56. The van der Waals surface area contributed by atoms with Crippen molar-refractivity contribution in [3.63, 3.8) is 0 Å². The van der Waals surface area contributed by atoms with Crippen LogP contribution in [0.4, 0.5) is 0 Å². The van der Waals surface area contributed by atoms with Crippen LogP contribution in [0.3, 0.4) is 0 Å². The van der Waals surface area contributed by atoms with Crippen LogP contribution in [0.1, 0.15) is 38.5 Å². The summed E-state index contributed by atoms with van der Waals surface area (Å²) in [5.74, 6) is 0. The second-order valence-corrected chi connectivity index (χ2v) is 5.59. The maximum absolute atomic E-state index is 5.94. The Morgan fingerprint density at radius 3 is 2.71 bits per heavy atom. The van der Waals surface area contributed by atoms with Gasteiger partial charge in [-0.25, -0.2) is 0 Å². The van der Waals surface area contributed by atoms with Crippen LogP contribution in [0.5, 0.6) is 0 Å². The Morgan fingerprint density at radius 2 is 2.24 bits per heavy atom. The Kier molecular flexibility index (Phi) is 6.17. The van der Waals surface area contributed by atoms with Crippen molar-refractivity contribution in [1.82, 2.24) is 5.32 Å². The number of likely N-dealkylation sites (N-methyl/N-ethyl adjacent to an activating group) is 1. The first-order chi connectivity index (χ1) is 8.16. The molecule has 0 aromatic carbocycles. The van der Waals surface area contributed by atoms with Gasteiger partial charge in [0.05, 0.1) is 5.60 Å². The van der Waals surface area contributed by atoms with Crippen molar-refractivity contribution in [2.24, 2.45) is 0 Å². The predicted molar refractivity (Wildman–Crippen MR) is 75.8 cm³/mol. The van der Waals surface area contributed by atoms with Crippen molar-refractivity contribution < 1.29 is 4.74 Å². The molecule has 0 saturated carbocycles. The molecule has 2 unspecified atom stereocenters. The minimum absolute atomic E-state index is 0.0548. The van der Waals surface area contributed by atoms with Gasteiger partial charge in [0.2, 0.25) is 0 Å². The molecule has 0 saturated heterocycles. The Hall–Kier alpha value is -0.380. The average molecular weight is 255 g/mol. The molecule has 0 fully saturated rings. The van der Waals surface area contributed by atoms with Crippen LogP contribution in [-0.2, 0) is 11.2 Å². The zero-order valence-electron chi connectivity index (χ0n) is 11.5. The lowest BCUT2D eigenvalue weighted by atomic mass is 9.89. The number of rotatable bonds is 8. The summed E-state index contributed by atoms with van der Waals surface area (Å²) in [6, 6.07) is 4.74. The molecule has 0 amide bonds. The van der Waals surface area contributed by atoms with Crippen molar-refractivity contribution >= 4 is 11.3 Å². The number of ether oxygens (including phenoxy) is 1. The lowest BCUT2D eigenvalue weighted by Gasteiger charge is -2.36. The highest BCUT2D eigenvalue weighted by Gasteiger charge is 2.31. The smallest absolute Gasteiger partial charge is 0.0804 e. The molecule has 0 aliphatic carbocycles. The molecule has 2 nitrogen and oxygen atoms in total. The molecule has 3 heteroatoms. The van der Waals surface area contributed by atoms with E-state index in [0.29, 0.717) is 6.04 Å². The summed E-state index contributed by atoms with van der Waals surface area (Å²) >= 11 is 1.84. The van der Waals surface area contributed by atoms with Gasteiger partial charge in [0.15, 0.2) is 0 Å². The van der Waals surface area contributed by atoms with E-state index < -0.39 is 0 Å². The highest BCUT2D eigenvalue weighted by atomic mass is 32.1. The van der Waals surface area contributed by atoms with E-state index in [-0.39, 0.29) is 5.60 Å². The topological polar surface area (TPSA) is 21.3 Å². The Balaban J connectivity index is 2.56. The number of hydrogen-bond donors (Lipinski definition) is 1. The third-order valence-corrected chi connectivity index (χ3v) is 4.46. The van der Waals surface area contributed by atoms with Gasteiger partial charge in [-0.3, -0.25) is 0 Å². The van der Waals surface area contributed by atoms with Crippen LogP contribution in [0, 0.1) is 0 Å². The fraction of sp³-hybridized carbons (Fsp3) is 0.714. The van der Waals surface area contributed by atoms with E-state index in [1.807, 2.05) is 18.4 Å². The van der Waals surface area contributed by atoms with Crippen LogP contribution in [-0.4, -0.2) is 25.3 Å². The molecular weight excluding hydrogens is 230 g/mol. The molecule has 0 bridgehead atoms. The third kappa shape index (κ3) is 4.09. The minimum atomic E-state index is -0.0548. The summed E-state index contributed by atoms with van der Waals surface area (Å²) in [4.78, 5) is 1.46. The van der Waals surface area contributed by atoms with Crippen molar-refractivity contribution in [3.05, 3.63) is 22.4 Å². The van der Waals surface area contributed by atoms with Crippen LogP contribution in [0.15, 0.2) is 17.5 Å². The molecule has 1 aromatic rings. The first kappa shape index (κ1) is 14.7. The number of hydrogen-bond acceptors (Lipinski definition) is 3. The minimum Gasteiger partial charge on any atom is -0.374 e. The molecule has 0 aliphatic heterocycles. The standard InChI is InChI=1S/C14H25NOS/c1-5-14(3,16-6-2)13(15-4)10-9-12-8-7-11-17-12/h7-8,11,13,15H,5-6,9-10H2,1-4H3. The maximum Gasteiger partial charge on any atom is 0.0804 e. The quantitative estimate of drug-likeness (QED) is 0.768. The second kappa shape index (κ2) is 7.14. The summed E-state index contributed by atoms with van der Waals surface area (Å²) < 4.78 is 5.94. The van der Waals surface area contributed by atoms with Crippen LogP contribution >= 0.6 is 11.3 Å². The highest BCUT2D eigenvalue weighted by Crippen LogP contribution is 2.24. The largest absolute Gasteiger partial charge is 0.374 e. The number of nitrogens with one attached hydrogen (secondary N) is 1. The Morgan fingerprint density at radius 1 is 1.47 bits per heavy atom. The summed E-state index contributed by atoms with van der Waals surface area (Å²) in [5.41, 5.74) is -0.0548. The molecule has 17 heavy (non-hydrogen) atoms. The van der Waals surface area contributed by atoms with E-state index >= 15 is 0 Å². The summed E-state index contributed by atoms with van der Waals surface area (Å²) in [7, 11) is 2.03. The van der Waals surface area contributed by atoms with Crippen molar-refractivity contribution in [1.29, 1.82) is 0 Å². The first-order valence-corrected chi connectivity index (χ1v) is 7.37. The van der Waals surface area contributed by atoms with Crippen molar-refractivity contribution in [3.8, 4) is 0 Å². The average Bonchev–Trinajstić information content (AvgIpc) is 2.83. The monoisotopic (exact) mass is 255 g/mol. The van der Waals surface area contributed by atoms with Crippen molar-refractivity contribution in [2.45, 2.75) is 51.7 Å². The third-order valence-electron chi connectivity index (χ3n) is 3.52. The van der Waals surface area contributed by atoms with E-state index in [1.54, 1.807) is 0 Å². The number of aryl methyl sites for hydroxylation is 1. The molecule has 1 aromatic heterocycles. The van der Waals surface area contributed by atoms with Gasteiger partial charge in [-0.15, -0.1) is 11.3 Å². The van der Waals surface area contributed by atoms with Gasteiger partial charge in [-0.2, -0.15) is 0 Å². The molecule has 0 radical (unpaired) electrons.